The molecule has 1 nitrogen and oxygen atoms in total. The van der Waals surface area contributed by atoms with Crippen LogP contribution in [-0.4, -0.2) is 11.2 Å². The molecule has 0 bridgehead atoms. The molecule has 1 aromatic carbocycles. The van der Waals surface area contributed by atoms with Gasteiger partial charge in [-0.15, -0.1) is 0 Å². The minimum atomic E-state index is -0.393. The summed E-state index contributed by atoms with van der Waals surface area (Å²) in [7, 11) is 0. The van der Waals surface area contributed by atoms with Crippen LogP contribution in [0, 0.1) is 5.92 Å². The molecule has 0 aliphatic rings. The highest BCUT2D eigenvalue weighted by Gasteiger charge is 2.12. The molecule has 1 unspecified atom stereocenters. The maximum Gasteiger partial charge on any atom is 0.0773 e. The zero-order valence-corrected chi connectivity index (χ0v) is 8.90. The monoisotopic (exact) mass is 190 g/mol. The van der Waals surface area contributed by atoms with Gasteiger partial charge in [0, 0.05) is 0 Å². The van der Waals surface area contributed by atoms with Crippen LogP contribution in [-0.2, 0) is 6.42 Å². The Hall–Kier alpha value is -1.08. The van der Waals surface area contributed by atoms with Crippen LogP contribution in [0.15, 0.2) is 42.5 Å². The Bertz CT molecular complexity index is 287. The van der Waals surface area contributed by atoms with Gasteiger partial charge >= 0.3 is 0 Å². The molecule has 1 aromatic rings. The van der Waals surface area contributed by atoms with Crippen molar-refractivity contribution in [1.29, 1.82) is 0 Å². The van der Waals surface area contributed by atoms with Crippen LogP contribution in [0.3, 0.4) is 0 Å². The molecule has 0 saturated heterocycles. The molecule has 0 aliphatic carbocycles. The summed E-state index contributed by atoms with van der Waals surface area (Å²) < 4.78 is 0. The summed E-state index contributed by atoms with van der Waals surface area (Å²) in [5.74, 6) is 0.242. The van der Waals surface area contributed by atoms with Gasteiger partial charge in [-0.1, -0.05) is 50.8 Å². The van der Waals surface area contributed by atoms with E-state index >= 15 is 0 Å². The van der Waals surface area contributed by atoms with Crippen molar-refractivity contribution in [1.82, 2.24) is 0 Å². The first kappa shape index (κ1) is 11.0. The van der Waals surface area contributed by atoms with Crippen LogP contribution < -0.4 is 0 Å². The number of aliphatic hydroxyl groups excluding tert-OH is 1. The summed E-state index contributed by atoms with van der Waals surface area (Å²) in [6.07, 6.45) is 0.371. The van der Waals surface area contributed by atoms with Crippen molar-refractivity contribution in [3.05, 3.63) is 48.0 Å². The van der Waals surface area contributed by atoms with E-state index in [0.717, 1.165) is 12.0 Å². The topological polar surface area (TPSA) is 20.2 Å². The summed E-state index contributed by atoms with van der Waals surface area (Å²) in [4.78, 5) is 0. The van der Waals surface area contributed by atoms with Crippen LogP contribution >= 0.6 is 0 Å². The zero-order chi connectivity index (χ0) is 10.6. The first-order valence-corrected chi connectivity index (χ1v) is 5.01. The molecule has 1 heteroatoms. The third-order valence-corrected chi connectivity index (χ3v) is 2.32. The summed E-state index contributed by atoms with van der Waals surface area (Å²) in [5.41, 5.74) is 2.10. The van der Waals surface area contributed by atoms with E-state index in [9.17, 15) is 5.11 Å². The van der Waals surface area contributed by atoms with Gasteiger partial charge in [0.05, 0.1) is 6.10 Å². The fourth-order valence-corrected chi connectivity index (χ4v) is 1.43. The minimum Gasteiger partial charge on any atom is -0.388 e. The van der Waals surface area contributed by atoms with E-state index in [4.69, 9.17) is 0 Å². The van der Waals surface area contributed by atoms with Crippen molar-refractivity contribution in [3.63, 3.8) is 0 Å². The van der Waals surface area contributed by atoms with Crippen LogP contribution in [0.1, 0.15) is 19.4 Å². The Morgan fingerprint density at radius 3 is 2.36 bits per heavy atom. The number of hydrogen-bond donors (Lipinski definition) is 1. The van der Waals surface area contributed by atoms with Gasteiger partial charge in [0.15, 0.2) is 0 Å². The summed E-state index contributed by atoms with van der Waals surface area (Å²) in [5, 5.41) is 9.76. The Morgan fingerprint density at radius 1 is 1.29 bits per heavy atom. The van der Waals surface area contributed by atoms with Crippen LogP contribution in [0.4, 0.5) is 0 Å². The lowest BCUT2D eigenvalue weighted by Gasteiger charge is -2.17. The van der Waals surface area contributed by atoms with E-state index in [1.165, 1.54) is 5.56 Å². The fourth-order valence-electron chi connectivity index (χ4n) is 1.43. The highest BCUT2D eigenvalue weighted by molar-refractivity contribution is 5.22. The summed E-state index contributed by atoms with van der Waals surface area (Å²) >= 11 is 0. The first-order chi connectivity index (χ1) is 6.61. The molecule has 0 saturated carbocycles. The molecular formula is C13H18O. The largest absolute Gasteiger partial charge is 0.388 e. The molecule has 1 atom stereocenters. The average molecular weight is 190 g/mol. The number of rotatable bonds is 4. The standard InChI is InChI=1S/C13H18O/c1-10(2)13(14)11(3)9-12-7-5-4-6-8-12/h4-8,10,13-14H,3,9H2,1-2H3. The lowest BCUT2D eigenvalue weighted by Crippen LogP contribution is -2.18. The van der Waals surface area contributed by atoms with Gasteiger partial charge in [-0.3, -0.25) is 0 Å². The van der Waals surface area contributed by atoms with Crippen molar-refractivity contribution < 1.29 is 5.11 Å². The molecule has 0 aliphatic heterocycles. The molecule has 1 rings (SSSR count). The number of hydrogen-bond acceptors (Lipinski definition) is 1. The van der Waals surface area contributed by atoms with Crippen molar-refractivity contribution in [2.45, 2.75) is 26.4 Å². The van der Waals surface area contributed by atoms with Gasteiger partial charge < -0.3 is 5.11 Å². The first-order valence-electron chi connectivity index (χ1n) is 5.01. The molecule has 1 N–H and O–H groups in total. The molecule has 0 heterocycles. The van der Waals surface area contributed by atoms with Gasteiger partial charge in [0.2, 0.25) is 0 Å². The Balaban J connectivity index is 2.58. The number of aliphatic hydroxyl groups is 1. The Kier molecular flexibility index (Phi) is 3.90. The lowest BCUT2D eigenvalue weighted by atomic mass is 9.95. The Morgan fingerprint density at radius 2 is 1.86 bits per heavy atom. The van der Waals surface area contributed by atoms with Gasteiger partial charge in [0.25, 0.3) is 0 Å². The predicted molar refractivity (Wildman–Crippen MR) is 60.1 cm³/mol. The molecular weight excluding hydrogens is 172 g/mol. The van der Waals surface area contributed by atoms with E-state index in [2.05, 4.69) is 18.7 Å². The quantitative estimate of drug-likeness (QED) is 0.724. The highest BCUT2D eigenvalue weighted by Crippen LogP contribution is 2.15. The lowest BCUT2D eigenvalue weighted by molar-refractivity contribution is 0.158. The van der Waals surface area contributed by atoms with Crippen molar-refractivity contribution >= 4 is 0 Å². The Labute approximate surface area is 86.1 Å². The van der Waals surface area contributed by atoms with E-state index < -0.39 is 6.10 Å². The molecule has 0 radical (unpaired) electrons. The molecule has 0 spiro atoms. The van der Waals surface area contributed by atoms with Gasteiger partial charge in [-0.25, -0.2) is 0 Å². The smallest absolute Gasteiger partial charge is 0.0773 e. The highest BCUT2D eigenvalue weighted by atomic mass is 16.3. The van der Waals surface area contributed by atoms with Crippen LogP contribution in [0.25, 0.3) is 0 Å². The summed E-state index contributed by atoms with van der Waals surface area (Å²) in [6, 6.07) is 10.1. The SMILES string of the molecule is C=C(Cc1ccccc1)C(O)C(C)C. The molecule has 0 aromatic heterocycles. The van der Waals surface area contributed by atoms with E-state index in [1.54, 1.807) is 0 Å². The van der Waals surface area contributed by atoms with E-state index in [-0.39, 0.29) is 5.92 Å². The normalized spacial score (nSPS) is 12.9. The van der Waals surface area contributed by atoms with Gasteiger partial charge in [0.1, 0.15) is 0 Å². The molecule has 0 fully saturated rings. The molecule has 0 amide bonds. The van der Waals surface area contributed by atoms with Gasteiger partial charge in [-0.05, 0) is 23.5 Å². The van der Waals surface area contributed by atoms with Crippen molar-refractivity contribution in [2.75, 3.05) is 0 Å². The van der Waals surface area contributed by atoms with Crippen molar-refractivity contribution in [3.8, 4) is 0 Å². The fraction of sp³-hybridized carbons (Fsp3) is 0.385. The van der Waals surface area contributed by atoms with Crippen molar-refractivity contribution in [2.24, 2.45) is 5.92 Å². The third-order valence-electron chi connectivity index (χ3n) is 2.32. The van der Waals surface area contributed by atoms with Gasteiger partial charge in [-0.2, -0.15) is 0 Å². The van der Waals surface area contributed by atoms with Crippen LogP contribution in [0.5, 0.6) is 0 Å². The maximum absolute atomic E-state index is 9.76. The van der Waals surface area contributed by atoms with E-state index in [1.807, 2.05) is 32.0 Å². The van der Waals surface area contributed by atoms with E-state index in [0.29, 0.717) is 0 Å². The summed E-state index contributed by atoms with van der Waals surface area (Å²) in [6.45, 7) is 7.92. The molecule has 14 heavy (non-hydrogen) atoms. The third kappa shape index (κ3) is 3.00. The average Bonchev–Trinajstić information content (AvgIpc) is 2.18. The second-order valence-corrected chi connectivity index (χ2v) is 4.01. The zero-order valence-electron chi connectivity index (χ0n) is 8.90. The second-order valence-electron chi connectivity index (χ2n) is 4.01. The van der Waals surface area contributed by atoms with Crippen LogP contribution in [0.2, 0.25) is 0 Å². The molecule has 76 valence electrons. The maximum atomic E-state index is 9.76. The second kappa shape index (κ2) is 4.97. The number of benzene rings is 1. The minimum absolute atomic E-state index is 0.242. The predicted octanol–water partition coefficient (Wildman–Crippen LogP) is 2.80.